The van der Waals surface area contributed by atoms with Crippen LogP contribution < -0.4 is 0 Å². The van der Waals surface area contributed by atoms with Crippen molar-refractivity contribution in [3.8, 4) is 0 Å². The van der Waals surface area contributed by atoms with Crippen molar-refractivity contribution in [2.24, 2.45) is 23.7 Å². The molecule has 1 fully saturated rings. The van der Waals surface area contributed by atoms with Gasteiger partial charge < -0.3 is 0 Å². The monoisotopic (exact) mass is 238 g/mol. The minimum absolute atomic E-state index is 0.968. The van der Waals surface area contributed by atoms with E-state index in [4.69, 9.17) is 0 Å². The lowest BCUT2D eigenvalue weighted by Gasteiger charge is -2.12. The highest BCUT2D eigenvalue weighted by atomic mass is 14.4. The molecule has 4 atom stereocenters. The van der Waals surface area contributed by atoms with Gasteiger partial charge in [-0.3, -0.25) is 0 Å². The van der Waals surface area contributed by atoms with E-state index in [0.717, 1.165) is 23.7 Å². The first-order chi connectivity index (χ1) is 8.15. The Hall–Kier alpha value is 0. The molecule has 0 aromatic rings. The molecule has 0 amide bonds. The van der Waals surface area contributed by atoms with Gasteiger partial charge in [0.15, 0.2) is 0 Å². The highest BCUT2D eigenvalue weighted by Gasteiger charge is 2.36. The van der Waals surface area contributed by atoms with Gasteiger partial charge in [-0.05, 0) is 30.1 Å². The molecule has 4 unspecified atom stereocenters. The van der Waals surface area contributed by atoms with E-state index >= 15 is 0 Å². The van der Waals surface area contributed by atoms with Crippen molar-refractivity contribution < 1.29 is 0 Å². The average molecular weight is 238 g/mol. The summed E-state index contributed by atoms with van der Waals surface area (Å²) < 4.78 is 0. The molecule has 0 spiro atoms. The van der Waals surface area contributed by atoms with E-state index in [1.54, 1.807) is 0 Å². The van der Waals surface area contributed by atoms with Crippen LogP contribution in [0.25, 0.3) is 0 Å². The molecule has 0 heterocycles. The maximum atomic E-state index is 2.47. The second-order valence-corrected chi connectivity index (χ2v) is 6.74. The van der Waals surface area contributed by atoms with Gasteiger partial charge in [0.25, 0.3) is 0 Å². The van der Waals surface area contributed by atoms with Crippen molar-refractivity contribution in [3.63, 3.8) is 0 Å². The smallest absolute Gasteiger partial charge is 0.0360 e. The van der Waals surface area contributed by atoms with Crippen molar-refractivity contribution in [3.05, 3.63) is 0 Å². The molecule has 0 aliphatic heterocycles. The maximum absolute atomic E-state index is 2.47. The first-order valence-corrected chi connectivity index (χ1v) is 8.15. The van der Waals surface area contributed by atoms with Crippen LogP contribution in [0, 0.1) is 23.7 Å². The van der Waals surface area contributed by atoms with E-state index in [2.05, 4.69) is 27.7 Å². The predicted molar refractivity (Wildman–Crippen MR) is 78.2 cm³/mol. The van der Waals surface area contributed by atoms with E-state index in [0.29, 0.717) is 0 Å². The van der Waals surface area contributed by atoms with Crippen LogP contribution in [0.4, 0.5) is 0 Å². The molecule has 1 aliphatic rings. The molecule has 1 saturated carbocycles. The normalized spacial score (nSPS) is 26.8. The summed E-state index contributed by atoms with van der Waals surface area (Å²) in [5, 5.41) is 0. The molecule has 1 aliphatic carbocycles. The van der Waals surface area contributed by atoms with Gasteiger partial charge in [-0.1, -0.05) is 79.1 Å². The van der Waals surface area contributed by atoms with Gasteiger partial charge in [-0.25, -0.2) is 0 Å². The lowest BCUT2D eigenvalue weighted by Crippen LogP contribution is -1.99. The van der Waals surface area contributed by atoms with Gasteiger partial charge in [0.05, 0.1) is 0 Å². The van der Waals surface area contributed by atoms with Crippen LogP contribution in [-0.4, -0.2) is 0 Å². The van der Waals surface area contributed by atoms with Gasteiger partial charge in [0, 0.05) is 0 Å². The minimum atomic E-state index is 0.968. The molecule has 0 radical (unpaired) electrons. The maximum Gasteiger partial charge on any atom is -0.0360 e. The third kappa shape index (κ3) is 6.48. The summed E-state index contributed by atoms with van der Waals surface area (Å²) in [5.41, 5.74) is 0. The SMILES string of the molecule is CCCCC(C)CCCCCC(C)C1CC1C. The van der Waals surface area contributed by atoms with Crippen LogP contribution in [0.3, 0.4) is 0 Å². The molecular formula is C17H34. The Bertz CT molecular complexity index is 184. The largest absolute Gasteiger partial charge is 0.0654 e. The van der Waals surface area contributed by atoms with Crippen molar-refractivity contribution >= 4 is 0 Å². The molecule has 17 heavy (non-hydrogen) atoms. The standard InChI is InChI=1S/C17H34/c1-5-6-10-14(2)11-8-7-9-12-15(3)17-13-16(17)4/h14-17H,5-13H2,1-4H3. The van der Waals surface area contributed by atoms with Gasteiger partial charge in [0.2, 0.25) is 0 Å². The Morgan fingerprint density at radius 3 is 2.12 bits per heavy atom. The minimum Gasteiger partial charge on any atom is -0.0654 e. The number of rotatable bonds is 10. The van der Waals surface area contributed by atoms with E-state index in [1.165, 1.54) is 57.8 Å². The van der Waals surface area contributed by atoms with Gasteiger partial charge in [-0.15, -0.1) is 0 Å². The zero-order valence-electron chi connectivity index (χ0n) is 12.7. The van der Waals surface area contributed by atoms with Gasteiger partial charge in [-0.2, -0.15) is 0 Å². The molecule has 0 nitrogen and oxygen atoms in total. The molecular weight excluding hydrogens is 204 g/mol. The van der Waals surface area contributed by atoms with Crippen LogP contribution >= 0.6 is 0 Å². The lowest BCUT2D eigenvalue weighted by atomic mass is 9.94. The Morgan fingerprint density at radius 2 is 1.53 bits per heavy atom. The van der Waals surface area contributed by atoms with Crippen LogP contribution in [0.1, 0.15) is 85.5 Å². The van der Waals surface area contributed by atoms with E-state index < -0.39 is 0 Å². The molecule has 0 heteroatoms. The Labute approximate surface area is 110 Å². The highest BCUT2D eigenvalue weighted by Crippen LogP contribution is 2.45. The van der Waals surface area contributed by atoms with E-state index in [1.807, 2.05) is 0 Å². The van der Waals surface area contributed by atoms with Crippen molar-refractivity contribution in [1.29, 1.82) is 0 Å². The van der Waals surface area contributed by atoms with Gasteiger partial charge in [0.1, 0.15) is 0 Å². The van der Waals surface area contributed by atoms with Gasteiger partial charge >= 0.3 is 0 Å². The first-order valence-electron chi connectivity index (χ1n) is 8.15. The summed E-state index contributed by atoms with van der Waals surface area (Å²) in [5.74, 6) is 4.09. The lowest BCUT2D eigenvalue weighted by molar-refractivity contribution is 0.404. The Balaban J connectivity index is 1.87. The van der Waals surface area contributed by atoms with E-state index in [-0.39, 0.29) is 0 Å². The quantitative estimate of drug-likeness (QED) is 0.406. The van der Waals surface area contributed by atoms with Crippen molar-refractivity contribution in [1.82, 2.24) is 0 Å². The van der Waals surface area contributed by atoms with E-state index in [9.17, 15) is 0 Å². The highest BCUT2D eigenvalue weighted by molar-refractivity contribution is 4.86. The molecule has 1 rings (SSSR count). The molecule has 0 aromatic heterocycles. The number of unbranched alkanes of at least 4 members (excludes halogenated alkanes) is 3. The molecule has 0 bridgehead atoms. The zero-order valence-corrected chi connectivity index (χ0v) is 12.7. The third-order valence-corrected chi connectivity index (χ3v) is 4.81. The zero-order chi connectivity index (χ0) is 12.7. The van der Waals surface area contributed by atoms with Crippen LogP contribution in [0.15, 0.2) is 0 Å². The summed E-state index contributed by atoms with van der Waals surface area (Å²) in [6, 6.07) is 0. The summed E-state index contributed by atoms with van der Waals surface area (Å²) in [6.45, 7) is 9.62. The fraction of sp³-hybridized carbons (Fsp3) is 1.00. The predicted octanol–water partition coefficient (Wildman–Crippen LogP) is 6.06. The summed E-state index contributed by atoms with van der Waals surface area (Å²) in [4.78, 5) is 0. The fourth-order valence-corrected chi connectivity index (χ4v) is 3.19. The topological polar surface area (TPSA) is 0 Å². The third-order valence-electron chi connectivity index (χ3n) is 4.81. The second-order valence-electron chi connectivity index (χ2n) is 6.74. The molecule has 0 aromatic carbocycles. The molecule has 0 N–H and O–H groups in total. The van der Waals surface area contributed by atoms with Crippen molar-refractivity contribution in [2.75, 3.05) is 0 Å². The average Bonchev–Trinajstić information content (AvgIpc) is 3.03. The number of hydrogen-bond donors (Lipinski definition) is 0. The van der Waals surface area contributed by atoms with Crippen LogP contribution in [-0.2, 0) is 0 Å². The first kappa shape index (κ1) is 15.1. The Morgan fingerprint density at radius 1 is 0.941 bits per heavy atom. The van der Waals surface area contributed by atoms with Crippen LogP contribution in [0.5, 0.6) is 0 Å². The summed E-state index contributed by atoms with van der Waals surface area (Å²) in [7, 11) is 0. The van der Waals surface area contributed by atoms with Crippen LogP contribution in [0.2, 0.25) is 0 Å². The molecule has 0 saturated heterocycles. The fourth-order valence-electron chi connectivity index (χ4n) is 3.19. The Kier molecular flexibility index (Phi) is 7.23. The molecule has 102 valence electrons. The second kappa shape index (κ2) is 8.16. The number of hydrogen-bond acceptors (Lipinski definition) is 0. The summed E-state index contributed by atoms with van der Waals surface area (Å²) in [6.07, 6.45) is 13.1. The van der Waals surface area contributed by atoms with Crippen molar-refractivity contribution in [2.45, 2.75) is 85.5 Å². The summed E-state index contributed by atoms with van der Waals surface area (Å²) >= 11 is 0.